The normalized spacial score (nSPS) is 18.9. The fourth-order valence-corrected chi connectivity index (χ4v) is 6.04. The molecule has 15 nitrogen and oxygen atoms in total. The van der Waals surface area contributed by atoms with Gasteiger partial charge in [0.25, 0.3) is 0 Å². The SMILES string of the molecule is CC(=O)OC[C@@H](OC(C)=O)[C@@H](OC(C)=O)[C@H](OC(C)=O)[C@H](OC(C)=O)c1nnc2n1C(c1ccc(Cl)cc1)C1=C(CC(C)(C)CC1=O)N2. The molecule has 0 fully saturated rings. The molecule has 2 aromatic rings. The van der Waals surface area contributed by atoms with Crippen molar-refractivity contribution < 1.29 is 52.5 Å². The van der Waals surface area contributed by atoms with Gasteiger partial charge in [-0.05, 0) is 29.5 Å². The molecule has 0 bridgehead atoms. The zero-order valence-corrected chi connectivity index (χ0v) is 28.3. The van der Waals surface area contributed by atoms with Crippen molar-refractivity contribution in [1.29, 1.82) is 0 Å². The summed E-state index contributed by atoms with van der Waals surface area (Å²) in [5.74, 6) is -4.34. The van der Waals surface area contributed by atoms with E-state index in [0.29, 0.717) is 28.3 Å². The number of nitrogens with one attached hydrogen (secondary N) is 1. The number of nitrogens with zero attached hydrogens (tertiary/aromatic N) is 3. The molecule has 4 rings (SSSR count). The number of anilines is 1. The van der Waals surface area contributed by atoms with Crippen LogP contribution < -0.4 is 5.32 Å². The van der Waals surface area contributed by atoms with Crippen molar-refractivity contribution in [2.24, 2.45) is 5.41 Å². The maximum atomic E-state index is 13.8. The quantitative estimate of drug-likeness (QED) is 0.266. The second-order valence-electron chi connectivity index (χ2n) is 12.3. The van der Waals surface area contributed by atoms with E-state index in [9.17, 15) is 28.8 Å². The van der Waals surface area contributed by atoms with Gasteiger partial charge >= 0.3 is 29.8 Å². The lowest BCUT2D eigenvalue weighted by atomic mass is 9.73. The molecule has 0 amide bonds. The number of ether oxygens (including phenoxy) is 5. The van der Waals surface area contributed by atoms with Gasteiger partial charge in [-0.2, -0.15) is 0 Å². The number of fused-ring (bicyclic) bond motifs is 1. The monoisotopic (exact) mass is 688 g/mol. The fourth-order valence-electron chi connectivity index (χ4n) is 5.92. The van der Waals surface area contributed by atoms with Gasteiger partial charge in [0.1, 0.15) is 6.61 Å². The second kappa shape index (κ2) is 14.5. The molecule has 5 atom stereocenters. The second-order valence-corrected chi connectivity index (χ2v) is 12.7. The third-order valence-electron chi connectivity index (χ3n) is 7.53. The number of hydrogen-bond donors (Lipinski definition) is 1. The molecule has 16 heteroatoms. The molecular weight excluding hydrogens is 652 g/mol. The molecule has 0 radical (unpaired) electrons. The average molecular weight is 689 g/mol. The van der Waals surface area contributed by atoms with Gasteiger partial charge in [0.05, 0.1) is 6.04 Å². The number of carbonyl (C=O) groups is 6. The first-order valence-corrected chi connectivity index (χ1v) is 15.4. The zero-order valence-electron chi connectivity index (χ0n) is 27.5. The summed E-state index contributed by atoms with van der Waals surface area (Å²) in [5.41, 5.74) is 1.31. The molecule has 1 N–H and O–H groups in total. The Balaban J connectivity index is 1.97. The van der Waals surface area contributed by atoms with Crippen LogP contribution in [0.3, 0.4) is 0 Å². The highest BCUT2D eigenvalue weighted by Crippen LogP contribution is 2.47. The van der Waals surface area contributed by atoms with Crippen molar-refractivity contribution in [2.75, 3.05) is 11.9 Å². The molecule has 1 unspecified atom stereocenters. The Hall–Kier alpha value is -4.79. The fraction of sp³-hybridized carbons (Fsp3) is 0.500. The van der Waals surface area contributed by atoms with Crippen LogP contribution in [0, 0.1) is 5.41 Å². The van der Waals surface area contributed by atoms with Crippen LogP contribution in [0.2, 0.25) is 5.02 Å². The average Bonchev–Trinajstić information content (AvgIpc) is 3.37. The van der Waals surface area contributed by atoms with Crippen LogP contribution in [-0.4, -0.2) is 75.3 Å². The predicted octanol–water partition coefficient (Wildman–Crippen LogP) is 3.55. The van der Waals surface area contributed by atoms with Crippen molar-refractivity contribution in [2.45, 2.75) is 91.8 Å². The topological polar surface area (TPSA) is 191 Å². The molecule has 1 aromatic carbocycles. The summed E-state index contributed by atoms with van der Waals surface area (Å²) in [6.45, 7) is 8.72. The molecule has 2 aliphatic rings. The first kappa shape index (κ1) is 36.1. The summed E-state index contributed by atoms with van der Waals surface area (Å²) in [7, 11) is 0. The highest BCUT2D eigenvalue weighted by molar-refractivity contribution is 6.30. The molecule has 1 aliphatic carbocycles. The predicted molar refractivity (Wildman–Crippen MR) is 166 cm³/mol. The smallest absolute Gasteiger partial charge is 0.303 e. The van der Waals surface area contributed by atoms with Crippen molar-refractivity contribution in [3.05, 3.63) is 51.9 Å². The number of rotatable bonds is 11. The largest absolute Gasteiger partial charge is 0.462 e. The lowest BCUT2D eigenvalue weighted by molar-refractivity contribution is -0.204. The van der Waals surface area contributed by atoms with Crippen LogP contribution in [0.5, 0.6) is 0 Å². The van der Waals surface area contributed by atoms with Gasteiger partial charge in [-0.15, -0.1) is 10.2 Å². The number of allylic oxidation sites excluding steroid dienone is 2. The lowest BCUT2D eigenvalue weighted by Crippen LogP contribution is -2.51. The van der Waals surface area contributed by atoms with Crippen molar-refractivity contribution in [1.82, 2.24) is 14.8 Å². The molecule has 48 heavy (non-hydrogen) atoms. The molecule has 258 valence electrons. The van der Waals surface area contributed by atoms with Crippen molar-refractivity contribution in [3.8, 4) is 0 Å². The van der Waals surface area contributed by atoms with Crippen LogP contribution >= 0.6 is 11.6 Å². The van der Waals surface area contributed by atoms with Gasteiger partial charge in [-0.3, -0.25) is 33.3 Å². The van der Waals surface area contributed by atoms with Gasteiger partial charge in [0.2, 0.25) is 12.1 Å². The molecular formula is C32H37ClN4O11. The summed E-state index contributed by atoms with van der Waals surface area (Å²) in [6, 6.07) is 5.90. The zero-order chi connectivity index (χ0) is 35.5. The van der Waals surface area contributed by atoms with E-state index in [2.05, 4.69) is 15.5 Å². The van der Waals surface area contributed by atoms with Gasteiger partial charge < -0.3 is 29.0 Å². The Kier molecular flexibility index (Phi) is 10.9. The minimum atomic E-state index is -1.74. The molecule has 1 aliphatic heterocycles. The van der Waals surface area contributed by atoms with Gasteiger partial charge in [-0.25, -0.2) is 0 Å². The van der Waals surface area contributed by atoms with E-state index in [1.165, 1.54) is 4.57 Å². The van der Waals surface area contributed by atoms with Crippen LogP contribution in [0.1, 0.15) is 84.8 Å². The summed E-state index contributed by atoms with van der Waals surface area (Å²) in [5, 5.41) is 12.3. The minimum absolute atomic E-state index is 0.116. The van der Waals surface area contributed by atoms with E-state index in [1.54, 1.807) is 24.3 Å². The van der Waals surface area contributed by atoms with Crippen LogP contribution in [0.15, 0.2) is 35.5 Å². The summed E-state index contributed by atoms with van der Waals surface area (Å²) < 4.78 is 28.9. The maximum absolute atomic E-state index is 13.8. The maximum Gasteiger partial charge on any atom is 0.303 e. The van der Waals surface area contributed by atoms with Crippen molar-refractivity contribution >= 4 is 53.2 Å². The van der Waals surface area contributed by atoms with Crippen molar-refractivity contribution in [3.63, 3.8) is 0 Å². The molecule has 0 saturated carbocycles. The molecule has 0 spiro atoms. The van der Waals surface area contributed by atoms with Crippen LogP contribution in [0.25, 0.3) is 0 Å². The number of halogens is 1. The van der Waals surface area contributed by atoms with Gasteiger partial charge in [-0.1, -0.05) is 37.6 Å². The summed E-state index contributed by atoms with van der Waals surface area (Å²) >= 11 is 6.21. The highest BCUT2D eigenvalue weighted by Gasteiger charge is 2.49. The number of carbonyl (C=O) groups excluding carboxylic acids is 6. The standard InChI is InChI=1S/C32H37ClN4O11/c1-15(38)44-14-24(45-16(2)39)27(46-17(3)40)28(47-18(4)41)29(48-19(5)42)30-35-36-31-34-22-12-32(6,7)13-23(43)25(22)26(37(30)31)20-8-10-21(33)11-9-20/h8-11,24,26-29H,12-14H2,1-7H3,(H,34,36)/t24-,26?,27-,28+,29+/m1/s1. The number of esters is 5. The minimum Gasteiger partial charge on any atom is -0.462 e. The number of Topliss-reactive ketones (excluding diaryl/α,β-unsaturated/α-hetero) is 1. The van der Waals surface area contributed by atoms with Crippen LogP contribution in [0.4, 0.5) is 5.95 Å². The van der Waals surface area contributed by atoms with E-state index in [0.717, 1.165) is 34.6 Å². The number of ketones is 1. The Morgan fingerprint density at radius 3 is 2.00 bits per heavy atom. The lowest BCUT2D eigenvalue weighted by Gasteiger charge is -2.40. The highest BCUT2D eigenvalue weighted by atomic mass is 35.5. The van der Waals surface area contributed by atoms with E-state index < -0.39 is 66.9 Å². The number of hydrogen-bond acceptors (Lipinski definition) is 14. The third-order valence-corrected chi connectivity index (χ3v) is 7.78. The Bertz CT molecular complexity index is 1650. The Morgan fingerprint density at radius 1 is 0.854 bits per heavy atom. The first-order valence-electron chi connectivity index (χ1n) is 15.0. The van der Waals surface area contributed by atoms with Gasteiger partial charge in [0.15, 0.2) is 29.9 Å². The number of benzene rings is 1. The molecule has 1 aromatic heterocycles. The molecule has 2 heterocycles. The van der Waals surface area contributed by atoms with E-state index >= 15 is 0 Å². The van der Waals surface area contributed by atoms with Crippen LogP contribution in [-0.2, 0) is 52.5 Å². The first-order chi connectivity index (χ1) is 22.5. The van der Waals surface area contributed by atoms with E-state index in [1.807, 2.05) is 13.8 Å². The van der Waals surface area contributed by atoms with Gasteiger partial charge in [0, 0.05) is 57.3 Å². The van der Waals surface area contributed by atoms with E-state index in [-0.39, 0.29) is 29.4 Å². The number of aromatic nitrogens is 3. The third kappa shape index (κ3) is 8.37. The van der Waals surface area contributed by atoms with E-state index in [4.69, 9.17) is 35.3 Å². The Morgan fingerprint density at radius 2 is 1.44 bits per heavy atom. The summed E-state index contributed by atoms with van der Waals surface area (Å²) in [6.07, 6.45) is -5.92. The molecule has 0 saturated heterocycles. The Labute approximate surface area is 281 Å². The summed E-state index contributed by atoms with van der Waals surface area (Å²) in [4.78, 5) is 75.4.